The fourth-order valence-corrected chi connectivity index (χ4v) is 3.28. The standard InChI is InChI=1S/C13H12BrF3N2S/c1-7-2-5-11(20-7)12(19-18)9-4-3-8(14)6-10(9)13(15,16)17/h2-6,12,19H,18H2,1H3. The maximum atomic E-state index is 13.2. The Hall–Kier alpha value is -0.890. The first-order chi connectivity index (χ1) is 9.32. The Kier molecular flexibility index (Phi) is 4.53. The van der Waals surface area contributed by atoms with Crippen molar-refractivity contribution in [1.29, 1.82) is 0 Å². The van der Waals surface area contributed by atoms with Crippen molar-refractivity contribution in [3.05, 3.63) is 55.7 Å². The van der Waals surface area contributed by atoms with Crippen LogP contribution in [0.15, 0.2) is 34.8 Å². The molecule has 108 valence electrons. The molecule has 2 nitrogen and oxygen atoms in total. The number of thiophene rings is 1. The number of alkyl halides is 3. The number of aryl methyl sites for hydroxylation is 1. The van der Waals surface area contributed by atoms with Crippen molar-refractivity contribution in [3.8, 4) is 0 Å². The highest BCUT2D eigenvalue weighted by Crippen LogP contribution is 2.39. The van der Waals surface area contributed by atoms with Gasteiger partial charge in [-0.15, -0.1) is 11.3 Å². The first kappa shape index (κ1) is 15.5. The summed E-state index contributed by atoms with van der Waals surface area (Å²) in [4.78, 5) is 1.77. The largest absolute Gasteiger partial charge is 0.416 e. The molecule has 0 radical (unpaired) electrons. The molecule has 2 rings (SSSR count). The average Bonchev–Trinajstić information content (AvgIpc) is 2.77. The Labute approximate surface area is 126 Å². The van der Waals surface area contributed by atoms with Crippen molar-refractivity contribution < 1.29 is 13.2 Å². The van der Waals surface area contributed by atoms with Crippen LogP contribution in [0, 0.1) is 6.92 Å². The molecule has 1 aromatic carbocycles. The van der Waals surface area contributed by atoms with Crippen molar-refractivity contribution in [2.45, 2.75) is 19.1 Å². The van der Waals surface area contributed by atoms with Gasteiger partial charge in [0.15, 0.2) is 0 Å². The topological polar surface area (TPSA) is 38.0 Å². The van der Waals surface area contributed by atoms with Crippen LogP contribution in [0.5, 0.6) is 0 Å². The lowest BCUT2D eigenvalue weighted by atomic mass is 9.99. The average molecular weight is 365 g/mol. The summed E-state index contributed by atoms with van der Waals surface area (Å²) in [5.74, 6) is 5.47. The lowest BCUT2D eigenvalue weighted by Crippen LogP contribution is -2.30. The van der Waals surface area contributed by atoms with Crippen LogP contribution in [0.3, 0.4) is 0 Å². The smallest absolute Gasteiger partial charge is 0.271 e. The van der Waals surface area contributed by atoms with Gasteiger partial charge in [0.2, 0.25) is 0 Å². The molecule has 1 heterocycles. The molecule has 3 N–H and O–H groups in total. The SMILES string of the molecule is Cc1ccc(C(NN)c2ccc(Br)cc2C(F)(F)F)s1. The zero-order chi connectivity index (χ0) is 14.9. The van der Waals surface area contributed by atoms with Crippen LogP contribution < -0.4 is 11.3 Å². The number of hydrazine groups is 1. The maximum Gasteiger partial charge on any atom is 0.416 e. The molecule has 2 aromatic rings. The van der Waals surface area contributed by atoms with Gasteiger partial charge in [0.05, 0.1) is 11.6 Å². The van der Waals surface area contributed by atoms with Gasteiger partial charge < -0.3 is 0 Å². The third-order valence-corrected chi connectivity index (χ3v) is 4.40. The minimum Gasteiger partial charge on any atom is -0.271 e. The van der Waals surface area contributed by atoms with Crippen molar-refractivity contribution >= 4 is 27.3 Å². The normalized spacial score (nSPS) is 13.5. The van der Waals surface area contributed by atoms with E-state index in [9.17, 15) is 13.2 Å². The van der Waals surface area contributed by atoms with Crippen LogP contribution in [0.2, 0.25) is 0 Å². The van der Waals surface area contributed by atoms with E-state index in [1.807, 2.05) is 13.0 Å². The van der Waals surface area contributed by atoms with Crippen molar-refractivity contribution in [1.82, 2.24) is 5.43 Å². The number of hydrogen-bond donors (Lipinski definition) is 2. The Morgan fingerprint density at radius 2 is 1.95 bits per heavy atom. The van der Waals surface area contributed by atoms with E-state index in [0.717, 1.165) is 15.8 Å². The Morgan fingerprint density at radius 1 is 1.25 bits per heavy atom. The second kappa shape index (κ2) is 5.85. The van der Waals surface area contributed by atoms with Gasteiger partial charge in [0.25, 0.3) is 0 Å². The number of rotatable bonds is 3. The predicted molar refractivity (Wildman–Crippen MR) is 77.4 cm³/mol. The second-order valence-electron chi connectivity index (χ2n) is 4.28. The number of nitrogens with two attached hydrogens (primary N) is 1. The van der Waals surface area contributed by atoms with E-state index in [4.69, 9.17) is 5.84 Å². The Morgan fingerprint density at radius 3 is 2.45 bits per heavy atom. The molecule has 0 fully saturated rings. The summed E-state index contributed by atoms with van der Waals surface area (Å²) in [6.07, 6.45) is -4.43. The lowest BCUT2D eigenvalue weighted by Gasteiger charge is -2.20. The lowest BCUT2D eigenvalue weighted by molar-refractivity contribution is -0.138. The van der Waals surface area contributed by atoms with E-state index in [-0.39, 0.29) is 5.56 Å². The summed E-state index contributed by atoms with van der Waals surface area (Å²) in [6, 6.07) is 7.05. The molecule has 1 atom stereocenters. The first-order valence-corrected chi connectivity index (χ1v) is 7.33. The summed E-state index contributed by atoms with van der Waals surface area (Å²) in [5, 5.41) is 0. The first-order valence-electron chi connectivity index (χ1n) is 5.72. The molecule has 0 saturated carbocycles. The number of nitrogens with one attached hydrogen (secondary N) is 1. The monoisotopic (exact) mass is 364 g/mol. The molecular formula is C13H12BrF3N2S. The Bertz CT molecular complexity index is 610. The van der Waals surface area contributed by atoms with E-state index in [1.54, 1.807) is 12.1 Å². The summed E-state index contributed by atoms with van der Waals surface area (Å²) in [5.41, 5.74) is 1.90. The van der Waals surface area contributed by atoms with Gasteiger partial charge in [-0.2, -0.15) is 13.2 Å². The van der Waals surface area contributed by atoms with Crippen LogP contribution >= 0.6 is 27.3 Å². The molecule has 0 spiro atoms. The van der Waals surface area contributed by atoms with E-state index in [0.29, 0.717) is 4.47 Å². The van der Waals surface area contributed by atoms with Crippen LogP contribution in [0.1, 0.15) is 26.9 Å². The van der Waals surface area contributed by atoms with E-state index in [2.05, 4.69) is 21.4 Å². The molecule has 20 heavy (non-hydrogen) atoms. The minimum absolute atomic E-state index is 0.116. The zero-order valence-corrected chi connectivity index (χ0v) is 12.9. The molecular weight excluding hydrogens is 353 g/mol. The van der Waals surface area contributed by atoms with Gasteiger partial charge in [-0.3, -0.25) is 5.84 Å². The van der Waals surface area contributed by atoms with Gasteiger partial charge in [0.1, 0.15) is 0 Å². The number of hydrogen-bond acceptors (Lipinski definition) is 3. The third-order valence-electron chi connectivity index (χ3n) is 2.84. The van der Waals surface area contributed by atoms with Gasteiger partial charge in [-0.05, 0) is 36.8 Å². The highest BCUT2D eigenvalue weighted by Gasteiger charge is 2.35. The second-order valence-corrected chi connectivity index (χ2v) is 6.51. The molecule has 1 unspecified atom stereocenters. The number of halogens is 4. The fourth-order valence-electron chi connectivity index (χ4n) is 1.96. The van der Waals surface area contributed by atoms with Crippen molar-refractivity contribution in [3.63, 3.8) is 0 Å². The maximum absolute atomic E-state index is 13.2. The molecule has 7 heteroatoms. The number of benzene rings is 1. The predicted octanol–water partition coefficient (Wildman–Crippen LogP) is 4.39. The van der Waals surface area contributed by atoms with Gasteiger partial charge in [-0.25, -0.2) is 5.43 Å². The molecule has 0 saturated heterocycles. The molecule has 0 bridgehead atoms. The van der Waals surface area contributed by atoms with Crippen LogP contribution in [0.25, 0.3) is 0 Å². The summed E-state index contributed by atoms with van der Waals surface area (Å²) < 4.78 is 39.9. The van der Waals surface area contributed by atoms with Gasteiger partial charge >= 0.3 is 6.18 Å². The minimum atomic E-state index is -4.43. The highest BCUT2D eigenvalue weighted by atomic mass is 79.9. The van der Waals surface area contributed by atoms with Crippen LogP contribution in [-0.4, -0.2) is 0 Å². The zero-order valence-electron chi connectivity index (χ0n) is 10.5. The van der Waals surface area contributed by atoms with E-state index >= 15 is 0 Å². The van der Waals surface area contributed by atoms with Gasteiger partial charge in [0, 0.05) is 14.2 Å². The van der Waals surface area contributed by atoms with Crippen molar-refractivity contribution in [2.75, 3.05) is 0 Å². The summed E-state index contributed by atoms with van der Waals surface area (Å²) >= 11 is 4.49. The summed E-state index contributed by atoms with van der Waals surface area (Å²) in [6.45, 7) is 1.90. The van der Waals surface area contributed by atoms with Crippen LogP contribution in [-0.2, 0) is 6.18 Å². The quantitative estimate of drug-likeness (QED) is 0.626. The molecule has 1 aromatic heterocycles. The molecule has 0 aliphatic rings. The third kappa shape index (κ3) is 3.22. The summed E-state index contributed by atoms with van der Waals surface area (Å²) in [7, 11) is 0. The molecule has 0 aliphatic carbocycles. The molecule has 0 aliphatic heterocycles. The van der Waals surface area contributed by atoms with Crippen LogP contribution in [0.4, 0.5) is 13.2 Å². The van der Waals surface area contributed by atoms with E-state index in [1.165, 1.54) is 17.4 Å². The Balaban J connectivity index is 2.55. The van der Waals surface area contributed by atoms with Gasteiger partial charge in [-0.1, -0.05) is 22.0 Å². The fraction of sp³-hybridized carbons (Fsp3) is 0.231. The van der Waals surface area contributed by atoms with E-state index < -0.39 is 17.8 Å². The van der Waals surface area contributed by atoms with Crippen molar-refractivity contribution in [2.24, 2.45) is 5.84 Å². The molecule has 0 amide bonds. The highest BCUT2D eigenvalue weighted by molar-refractivity contribution is 9.10.